The minimum absolute atomic E-state index is 0.356. The van der Waals surface area contributed by atoms with Gasteiger partial charge in [0.05, 0.1) is 0 Å². The average molecular weight is 330 g/mol. The van der Waals surface area contributed by atoms with Crippen molar-refractivity contribution in [2.75, 3.05) is 13.2 Å². The first-order valence-electron chi connectivity index (χ1n) is 7.28. The lowest BCUT2D eigenvalue weighted by Crippen LogP contribution is -2.46. The van der Waals surface area contributed by atoms with Crippen LogP contribution in [-0.4, -0.2) is 44.9 Å². The predicted molar refractivity (Wildman–Crippen MR) is 85.3 cm³/mol. The lowest BCUT2D eigenvalue weighted by atomic mass is 9.87. The van der Waals surface area contributed by atoms with Crippen LogP contribution in [0.3, 0.4) is 0 Å². The minimum atomic E-state index is -4.35. The maximum atomic E-state index is 11.5. The van der Waals surface area contributed by atoms with Gasteiger partial charge in [-0.2, -0.15) is 19.2 Å². The molecule has 0 heterocycles. The molecule has 5 N–H and O–H groups in total. The summed E-state index contributed by atoms with van der Waals surface area (Å²) in [5, 5.41) is 12.3. The third-order valence-corrected chi connectivity index (χ3v) is 2.62. The molecule has 0 rings (SSSR count). The molecule has 7 nitrogen and oxygen atoms in total. The van der Waals surface area contributed by atoms with Gasteiger partial charge in [0, 0.05) is 12.0 Å². The van der Waals surface area contributed by atoms with Crippen molar-refractivity contribution >= 4 is 14.1 Å². The van der Waals surface area contributed by atoms with Crippen LogP contribution in [-0.2, 0) is 9.32 Å². The van der Waals surface area contributed by atoms with Crippen LogP contribution in [0.4, 0.5) is 0 Å². The fourth-order valence-corrected chi connectivity index (χ4v) is 1.54. The van der Waals surface area contributed by atoms with Crippen molar-refractivity contribution in [3.63, 3.8) is 0 Å². The SMILES string of the molecule is CC.CC.CCCNC(=O)C(O)C(C)(C)CO[P+](O)(O)O. The van der Waals surface area contributed by atoms with E-state index in [-0.39, 0.29) is 6.61 Å². The number of hydrogen-bond acceptors (Lipinski definition) is 6. The number of carbonyl (C=O) groups excluding carboxylic acids is 1. The molecule has 0 aliphatic rings. The molecule has 21 heavy (non-hydrogen) atoms. The minimum Gasteiger partial charge on any atom is -0.383 e. The van der Waals surface area contributed by atoms with Gasteiger partial charge in [0.2, 0.25) is 5.91 Å². The van der Waals surface area contributed by atoms with Gasteiger partial charge in [0.25, 0.3) is 0 Å². The second kappa shape index (κ2) is 13.4. The molecule has 0 radical (unpaired) electrons. The van der Waals surface area contributed by atoms with Crippen LogP contribution in [0.2, 0.25) is 0 Å². The summed E-state index contributed by atoms with van der Waals surface area (Å²) in [6.45, 7) is 13.0. The van der Waals surface area contributed by atoms with Crippen LogP contribution in [0.15, 0.2) is 0 Å². The van der Waals surface area contributed by atoms with Crippen molar-refractivity contribution in [1.82, 2.24) is 5.32 Å². The maximum absolute atomic E-state index is 11.5. The van der Waals surface area contributed by atoms with E-state index in [1.807, 2.05) is 34.6 Å². The zero-order chi connectivity index (χ0) is 17.7. The molecule has 1 amide bonds. The summed E-state index contributed by atoms with van der Waals surface area (Å²) in [4.78, 5) is 37.5. The normalized spacial score (nSPS) is 12.3. The summed E-state index contributed by atoms with van der Waals surface area (Å²) in [7, 11) is -4.35. The summed E-state index contributed by atoms with van der Waals surface area (Å²) in [6, 6.07) is 0. The number of rotatable bonds is 7. The second-order valence-electron chi connectivity index (χ2n) is 4.47. The molecule has 0 aliphatic carbocycles. The summed E-state index contributed by atoms with van der Waals surface area (Å²) in [5.74, 6) is -0.557. The molecule has 0 spiro atoms. The smallest absolute Gasteiger partial charge is 0.383 e. The summed E-state index contributed by atoms with van der Waals surface area (Å²) in [6.07, 6.45) is -0.617. The van der Waals surface area contributed by atoms with Crippen LogP contribution in [0.1, 0.15) is 54.9 Å². The molecule has 1 unspecified atom stereocenters. The Hall–Kier alpha value is -0.300. The van der Waals surface area contributed by atoms with Crippen LogP contribution in [0.5, 0.6) is 0 Å². The van der Waals surface area contributed by atoms with Crippen LogP contribution >= 0.6 is 8.17 Å². The molecule has 0 aromatic rings. The number of hydrogen-bond donors (Lipinski definition) is 5. The Morgan fingerprint density at radius 2 is 1.62 bits per heavy atom. The number of amides is 1. The molecule has 8 heteroatoms. The summed E-state index contributed by atoms with van der Waals surface area (Å²) in [5.41, 5.74) is -1.04. The molecule has 0 aromatic carbocycles. The Morgan fingerprint density at radius 1 is 1.19 bits per heavy atom. The topological polar surface area (TPSA) is 119 Å². The standard InChI is InChI=1S/C9H20NO6P.2C2H6/c1-4-5-10-8(12)7(11)9(2,3)6-16-17(13,14)15;2*1-2/h7,11,13-15H,4-6H2,1-3H3;2*1-2H3/p+1. The average Bonchev–Trinajstić information content (AvgIpc) is 2.45. The van der Waals surface area contributed by atoms with Gasteiger partial charge in [-0.3, -0.25) is 4.79 Å². The fourth-order valence-electron chi connectivity index (χ4n) is 1.03. The Balaban J connectivity index is -0.000000739. The number of aliphatic hydroxyl groups excluding tert-OH is 1. The molecular weight excluding hydrogens is 297 g/mol. The van der Waals surface area contributed by atoms with Gasteiger partial charge >= 0.3 is 8.17 Å². The highest BCUT2D eigenvalue weighted by Gasteiger charge is 2.41. The van der Waals surface area contributed by atoms with E-state index in [1.165, 1.54) is 13.8 Å². The Labute approximate surface area is 129 Å². The van der Waals surface area contributed by atoms with Crippen molar-refractivity contribution in [3.8, 4) is 0 Å². The predicted octanol–water partition coefficient (Wildman–Crippen LogP) is 1.62. The van der Waals surface area contributed by atoms with E-state index in [2.05, 4.69) is 9.84 Å². The van der Waals surface area contributed by atoms with Gasteiger partial charge in [-0.1, -0.05) is 48.5 Å². The van der Waals surface area contributed by atoms with Crippen molar-refractivity contribution in [3.05, 3.63) is 0 Å². The van der Waals surface area contributed by atoms with E-state index in [9.17, 15) is 9.90 Å². The van der Waals surface area contributed by atoms with E-state index in [4.69, 9.17) is 14.7 Å². The van der Waals surface area contributed by atoms with E-state index in [1.54, 1.807) is 0 Å². The molecule has 0 bridgehead atoms. The highest BCUT2D eigenvalue weighted by molar-refractivity contribution is 7.53. The zero-order valence-electron chi connectivity index (χ0n) is 14.3. The fraction of sp³-hybridized carbons (Fsp3) is 0.923. The van der Waals surface area contributed by atoms with Crippen molar-refractivity contribution < 1.29 is 29.1 Å². The Bertz CT molecular complexity index is 256. The van der Waals surface area contributed by atoms with Crippen molar-refractivity contribution in [2.24, 2.45) is 5.41 Å². The van der Waals surface area contributed by atoms with Gasteiger partial charge in [-0.25, -0.2) is 0 Å². The quantitative estimate of drug-likeness (QED) is 0.453. The van der Waals surface area contributed by atoms with Crippen molar-refractivity contribution in [2.45, 2.75) is 61.0 Å². The number of nitrogens with one attached hydrogen (secondary N) is 1. The van der Waals surface area contributed by atoms with Crippen LogP contribution in [0.25, 0.3) is 0 Å². The number of carbonyl (C=O) groups is 1. The van der Waals surface area contributed by atoms with Crippen LogP contribution in [0, 0.1) is 5.41 Å². The molecule has 0 saturated carbocycles. The van der Waals surface area contributed by atoms with Gasteiger partial charge in [-0.15, -0.1) is 0 Å². The van der Waals surface area contributed by atoms with E-state index in [0.717, 1.165) is 6.42 Å². The first kappa shape index (κ1) is 25.6. The molecular formula is C13H33NO6P+. The van der Waals surface area contributed by atoms with E-state index in [0.29, 0.717) is 6.54 Å². The van der Waals surface area contributed by atoms with Gasteiger partial charge in [0.1, 0.15) is 12.7 Å². The van der Waals surface area contributed by atoms with Crippen molar-refractivity contribution in [1.29, 1.82) is 0 Å². The lowest BCUT2D eigenvalue weighted by Gasteiger charge is -2.28. The second-order valence-corrected chi connectivity index (χ2v) is 5.75. The zero-order valence-corrected chi connectivity index (χ0v) is 15.1. The molecule has 0 aromatic heterocycles. The molecule has 130 valence electrons. The highest BCUT2D eigenvalue weighted by Crippen LogP contribution is 2.47. The molecule has 0 fully saturated rings. The lowest BCUT2D eigenvalue weighted by molar-refractivity contribution is -0.137. The third-order valence-electron chi connectivity index (χ3n) is 2.15. The van der Waals surface area contributed by atoms with E-state index < -0.39 is 25.6 Å². The van der Waals surface area contributed by atoms with E-state index >= 15 is 0 Å². The third kappa shape index (κ3) is 14.4. The summed E-state index contributed by atoms with van der Waals surface area (Å²) >= 11 is 0. The molecule has 1 atom stereocenters. The first-order valence-corrected chi connectivity index (χ1v) is 8.84. The Kier molecular flexibility index (Phi) is 16.3. The first-order chi connectivity index (χ1) is 9.60. The highest BCUT2D eigenvalue weighted by atomic mass is 31.2. The maximum Gasteiger partial charge on any atom is 0.567 e. The summed E-state index contributed by atoms with van der Waals surface area (Å²) < 4.78 is 4.41. The van der Waals surface area contributed by atoms with Gasteiger partial charge in [0.15, 0.2) is 0 Å². The molecule has 0 saturated heterocycles. The van der Waals surface area contributed by atoms with Crippen LogP contribution < -0.4 is 5.32 Å². The largest absolute Gasteiger partial charge is 0.567 e. The monoisotopic (exact) mass is 330 g/mol. The van der Waals surface area contributed by atoms with Gasteiger partial charge < -0.3 is 10.4 Å². The number of aliphatic hydroxyl groups is 1. The Morgan fingerprint density at radius 3 is 1.95 bits per heavy atom. The van der Waals surface area contributed by atoms with Gasteiger partial charge in [-0.05, 0) is 6.42 Å². The molecule has 0 aliphatic heterocycles.